The lowest BCUT2D eigenvalue weighted by molar-refractivity contribution is -0.141. The highest BCUT2D eigenvalue weighted by molar-refractivity contribution is 5.56. The van der Waals surface area contributed by atoms with Crippen molar-refractivity contribution in [1.82, 2.24) is 23.9 Å². The first-order chi connectivity index (χ1) is 14.6. The SMILES string of the molecule is CC(C)c1ncc2c(=O)n(C)c(Oc3ccc(-c4nccc(C(F)(F)F)n4)cc3)cn12. The van der Waals surface area contributed by atoms with Crippen LogP contribution in [0, 0.1) is 0 Å². The second-order valence-electron chi connectivity index (χ2n) is 7.25. The number of halogens is 3. The molecule has 4 aromatic rings. The van der Waals surface area contributed by atoms with Crippen molar-refractivity contribution >= 4 is 5.52 Å². The Morgan fingerprint density at radius 2 is 1.77 bits per heavy atom. The summed E-state index contributed by atoms with van der Waals surface area (Å²) < 4.78 is 47.6. The van der Waals surface area contributed by atoms with Gasteiger partial charge in [-0.3, -0.25) is 13.8 Å². The van der Waals surface area contributed by atoms with Crippen LogP contribution in [-0.2, 0) is 13.2 Å². The molecule has 0 aliphatic heterocycles. The van der Waals surface area contributed by atoms with E-state index in [0.717, 1.165) is 18.1 Å². The van der Waals surface area contributed by atoms with Gasteiger partial charge in [-0.05, 0) is 30.3 Å². The average Bonchev–Trinajstić information content (AvgIpc) is 3.16. The Bertz CT molecular complexity index is 1310. The summed E-state index contributed by atoms with van der Waals surface area (Å²) in [5.41, 5.74) is -0.427. The summed E-state index contributed by atoms with van der Waals surface area (Å²) in [6.07, 6.45) is -0.265. The topological polar surface area (TPSA) is 74.3 Å². The molecule has 0 fully saturated rings. The van der Waals surface area contributed by atoms with Crippen molar-refractivity contribution in [1.29, 1.82) is 0 Å². The van der Waals surface area contributed by atoms with Crippen LogP contribution in [0.1, 0.15) is 31.3 Å². The standard InChI is InChI=1S/C21H18F3N5O2/c1-12(2)19-26-10-15-20(30)28(3)17(11-29(15)19)31-14-6-4-13(5-7-14)18-25-9-8-16(27-18)21(22,23)24/h4-12H,1-3H3. The lowest BCUT2D eigenvalue weighted by atomic mass is 10.2. The molecule has 0 saturated heterocycles. The van der Waals surface area contributed by atoms with Gasteiger partial charge in [-0.2, -0.15) is 13.2 Å². The normalized spacial score (nSPS) is 12.0. The largest absolute Gasteiger partial charge is 0.439 e. The van der Waals surface area contributed by atoms with Crippen molar-refractivity contribution in [2.75, 3.05) is 0 Å². The quantitative estimate of drug-likeness (QED) is 0.480. The molecule has 0 saturated carbocycles. The minimum atomic E-state index is -4.55. The molecule has 0 aliphatic rings. The van der Waals surface area contributed by atoms with E-state index in [4.69, 9.17) is 4.74 Å². The Hall–Kier alpha value is -3.69. The van der Waals surface area contributed by atoms with Crippen molar-refractivity contribution in [3.05, 3.63) is 70.8 Å². The van der Waals surface area contributed by atoms with Gasteiger partial charge in [0.1, 0.15) is 22.8 Å². The van der Waals surface area contributed by atoms with Crippen LogP contribution in [-0.4, -0.2) is 23.9 Å². The minimum Gasteiger partial charge on any atom is -0.439 e. The monoisotopic (exact) mass is 429 g/mol. The number of ether oxygens (including phenoxy) is 1. The molecule has 0 unspecified atom stereocenters. The highest BCUT2D eigenvalue weighted by atomic mass is 19.4. The molecular formula is C21H18F3N5O2. The number of alkyl halides is 3. The van der Waals surface area contributed by atoms with Crippen LogP contribution in [0.25, 0.3) is 16.9 Å². The lowest BCUT2D eigenvalue weighted by Gasteiger charge is -2.13. The van der Waals surface area contributed by atoms with Crippen molar-refractivity contribution in [3.8, 4) is 23.0 Å². The fraction of sp³-hybridized carbons (Fsp3) is 0.238. The van der Waals surface area contributed by atoms with Crippen LogP contribution in [0.3, 0.4) is 0 Å². The molecule has 0 atom stereocenters. The van der Waals surface area contributed by atoms with E-state index in [2.05, 4.69) is 15.0 Å². The van der Waals surface area contributed by atoms with Crippen LogP contribution in [0.5, 0.6) is 11.6 Å². The molecular weight excluding hydrogens is 411 g/mol. The van der Waals surface area contributed by atoms with Crippen LogP contribution in [0.2, 0.25) is 0 Å². The Labute approximate surface area is 174 Å². The van der Waals surface area contributed by atoms with Crippen molar-refractivity contribution in [2.45, 2.75) is 25.9 Å². The Morgan fingerprint density at radius 1 is 1.06 bits per heavy atom. The first kappa shape index (κ1) is 20.6. The number of nitrogens with zero attached hydrogens (tertiary/aromatic N) is 5. The summed E-state index contributed by atoms with van der Waals surface area (Å²) in [5, 5.41) is 0. The van der Waals surface area contributed by atoms with Gasteiger partial charge in [0.25, 0.3) is 5.56 Å². The fourth-order valence-electron chi connectivity index (χ4n) is 3.11. The van der Waals surface area contributed by atoms with Crippen LogP contribution < -0.4 is 10.3 Å². The third kappa shape index (κ3) is 3.88. The zero-order valence-corrected chi connectivity index (χ0v) is 16.9. The number of fused-ring (bicyclic) bond motifs is 1. The maximum Gasteiger partial charge on any atom is 0.433 e. The second kappa shape index (κ2) is 7.53. The van der Waals surface area contributed by atoms with Gasteiger partial charge in [0.15, 0.2) is 5.82 Å². The predicted octanol–water partition coefficient (Wildman–Crippen LogP) is 4.42. The summed E-state index contributed by atoms with van der Waals surface area (Å²) in [5.74, 6) is 1.48. The minimum absolute atomic E-state index is 0.0461. The Morgan fingerprint density at radius 3 is 2.42 bits per heavy atom. The lowest BCUT2D eigenvalue weighted by Crippen LogP contribution is -2.20. The zero-order chi connectivity index (χ0) is 22.3. The third-order valence-electron chi connectivity index (χ3n) is 4.72. The van der Waals surface area contributed by atoms with Crippen LogP contribution in [0.4, 0.5) is 13.2 Å². The molecule has 0 amide bonds. The van der Waals surface area contributed by atoms with Gasteiger partial charge in [0.05, 0.1) is 12.4 Å². The molecule has 0 N–H and O–H groups in total. The number of imidazole rings is 1. The van der Waals surface area contributed by atoms with Crippen LogP contribution >= 0.6 is 0 Å². The van der Waals surface area contributed by atoms with Gasteiger partial charge in [-0.25, -0.2) is 15.0 Å². The molecule has 10 heteroatoms. The molecule has 4 rings (SSSR count). The molecule has 0 radical (unpaired) electrons. The summed E-state index contributed by atoms with van der Waals surface area (Å²) in [6.45, 7) is 3.95. The van der Waals surface area contributed by atoms with E-state index in [1.54, 1.807) is 41.9 Å². The van der Waals surface area contributed by atoms with Crippen LogP contribution in [0.15, 0.2) is 53.7 Å². The predicted molar refractivity (Wildman–Crippen MR) is 107 cm³/mol. The Balaban J connectivity index is 1.66. The number of rotatable bonds is 4. The van der Waals surface area contributed by atoms with E-state index in [9.17, 15) is 18.0 Å². The maximum atomic E-state index is 12.9. The van der Waals surface area contributed by atoms with Gasteiger partial charge in [-0.1, -0.05) is 13.8 Å². The van der Waals surface area contributed by atoms with Gasteiger partial charge in [0, 0.05) is 24.7 Å². The Kier molecular flexibility index (Phi) is 5.00. The molecule has 0 spiro atoms. The van der Waals surface area contributed by atoms with Gasteiger partial charge >= 0.3 is 6.18 Å². The van der Waals surface area contributed by atoms with E-state index >= 15 is 0 Å². The van der Waals surface area contributed by atoms with E-state index in [1.807, 2.05) is 13.8 Å². The molecule has 7 nitrogen and oxygen atoms in total. The molecule has 3 aromatic heterocycles. The third-order valence-corrected chi connectivity index (χ3v) is 4.72. The molecule has 0 bridgehead atoms. The molecule has 31 heavy (non-hydrogen) atoms. The van der Waals surface area contributed by atoms with Crippen molar-refractivity contribution in [2.24, 2.45) is 7.05 Å². The van der Waals surface area contributed by atoms with Gasteiger partial charge in [-0.15, -0.1) is 0 Å². The molecule has 3 heterocycles. The highest BCUT2D eigenvalue weighted by Gasteiger charge is 2.32. The number of hydrogen-bond acceptors (Lipinski definition) is 5. The van der Waals surface area contributed by atoms with E-state index in [-0.39, 0.29) is 17.3 Å². The molecule has 0 aliphatic carbocycles. The van der Waals surface area contributed by atoms with E-state index in [0.29, 0.717) is 22.7 Å². The number of hydrogen-bond donors (Lipinski definition) is 0. The summed E-state index contributed by atoms with van der Waals surface area (Å²) in [7, 11) is 1.59. The molecule has 160 valence electrons. The fourth-order valence-corrected chi connectivity index (χ4v) is 3.11. The smallest absolute Gasteiger partial charge is 0.433 e. The maximum absolute atomic E-state index is 12.9. The molecule has 1 aromatic carbocycles. The summed E-state index contributed by atoms with van der Waals surface area (Å²) >= 11 is 0. The first-order valence-electron chi connectivity index (χ1n) is 9.40. The highest BCUT2D eigenvalue weighted by Crippen LogP contribution is 2.29. The van der Waals surface area contributed by atoms with Crippen molar-refractivity contribution in [3.63, 3.8) is 0 Å². The van der Waals surface area contributed by atoms with Gasteiger partial charge in [0.2, 0.25) is 5.88 Å². The summed E-state index contributed by atoms with van der Waals surface area (Å²) in [6, 6.07) is 7.07. The van der Waals surface area contributed by atoms with Gasteiger partial charge < -0.3 is 4.74 Å². The zero-order valence-electron chi connectivity index (χ0n) is 16.9. The number of aromatic nitrogens is 5. The summed E-state index contributed by atoms with van der Waals surface area (Å²) in [4.78, 5) is 24.4. The first-order valence-corrected chi connectivity index (χ1v) is 9.40. The number of benzene rings is 1. The second-order valence-corrected chi connectivity index (χ2v) is 7.25. The van der Waals surface area contributed by atoms with E-state index < -0.39 is 11.9 Å². The van der Waals surface area contributed by atoms with E-state index in [1.165, 1.54) is 10.8 Å². The average molecular weight is 429 g/mol. The van der Waals surface area contributed by atoms with Crippen molar-refractivity contribution < 1.29 is 17.9 Å².